The first-order valence-electron chi connectivity index (χ1n) is 7.27. The predicted molar refractivity (Wildman–Crippen MR) is 78.3 cm³/mol. The first kappa shape index (κ1) is 14.5. The van der Waals surface area contributed by atoms with Crippen LogP contribution >= 0.6 is 11.3 Å². The van der Waals surface area contributed by atoms with E-state index >= 15 is 0 Å². The molecule has 3 heterocycles. The molecule has 2 aliphatic heterocycles. The summed E-state index contributed by atoms with van der Waals surface area (Å²) in [5.74, 6) is 0.0349. The van der Waals surface area contributed by atoms with Gasteiger partial charge in [-0.15, -0.1) is 11.3 Å². The van der Waals surface area contributed by atoms with Crippen LogP contribution in [0.1, 0.15) is 28.3 Å². The SMILES string of the molecule is Cc1nc(C(=O)N2CCN(C(=O)C3CCCO3)CC2)cs1. The van der Waals surface area contributed by atoms with E-state index in [9.17, 15) is 9.59 Å². The molecule has 1 aromatic rings. The average molecular weight is 309 g/mol. The zero-order valence-electron chi connectivity index (χ0n) is 12.1. The monoisotopic (exact) mass is 309 g/mol. The van der Waals surface area contributed by atoms with Gasteiger partial charge in [-0.2, -0.15) is 0 Å². The summed E-state index contributed by atoms with van der Waals surface area (Å²) in [4.78, 5) is 32.3. The number of hydrogen-bond acceptors (Lipinski definition) is 5. The third-order valence-corrected chi connectivity index (χ3v) is 4.70. The van der Waals surface area contributed by atoms with E-state index in [0.717, 1.165) is 17.8 Å². The molecule has 21 heavy (non-hydrogen) atoms. The summed E-state index contributed by atoms with van der Waals surface area (Å²) in [5, 5.41) is 2.69. The van der Waals surface area contributed by atoms with Crippen LogP contribution in [0.5, 0.6) is 0 Å². The highest BCUT2D eigenvalue weighted by atomic mass is 32.1. The molecule has 6 nitrogen and oxygen atoms in total. The van der Waals surface area contributed by atoms with E-state index < -0.39 is 0 Å². The standard InChI is InChI=1S/C14H19N3O3S/c1-10-15-11(9-21-10)13(18)16-4-6-17(7-5-16)14(19)12-3-2-8-20-12/h9,12H,2-8H2,1H3. The molecule has 0 aliphatic carbocycles. The van der Waals surface area contributed by atoms with E-state index in [1.54, 1.807) is 10.3 Å². The van der Waals surface area contributed by atoms with Crippen LogP contribution in [0.15, 0.2) is 5.38 Å². The minimum absolute atomic E-state index is 0.0384. The molecule has 2 fully saturated rings. The number of aryl methyl sites for hydroxylation is 1. The van der Waals surface area contributed by atoms with Crippen LogP contribution in [-0.2, 0) is 9.53 Å². The number of hydrogen-bond donors (Lipinski definition) is 0. The molecule has 3 rings (SSSR count). The van der Waals surface area contributed by atoms with Gasteiger partial charge in [0.05, 0.1) is 5.01 Å². The van der Waals surface area contributed by atoms with Crippen LogP contribution in [-0.4, -0.2) is 65.5 Å². The highest BCUT2D eigenvalue weighted by Gasteiger charge is 2.31. The summed E-state index contributed by atoms with van der Waals surface area (Å²) in [6.07, 6.45) is 1.50. The van der Waals surface area contributed by atoms with Gasteiger partial charge in [-0.05, 0) is 19.8 Å². The summed E-state index contributed by atoms with van der Waals surface area (Å²) in [6.45, 7) is 4.85. The van der Waals surface area contributed by atoms with Crippen LogP contribution < -0.4 is 0 Å². The van der Waals surface area contributed by atoms with E-state index in [4.69, 9.17) is 4.74 Å². The van der Waals surface area contributed by atoms with Crippen LogP contribution in [0.25, 0.3) is 0 Å². The Morgan fingerprint density at radius 2 is 2.00 bits per heavy atom. The Hall–Kier alpha value is -1.47. The lowest BCUT2D eigenvalue weighted by Crippen LogP contribution is -2.52. The summed E-state index contributed by atoms with van der Waals surface area (Å²) in [6, 6.07) is 0. The topological polar surface area (TPSA) is 62.7 Å². The number of ether oxygens (including phenoxy) is 1. The van der Waals surface area contributed by atoms with Crippen molar-refractivity contribution < 1.29 is 14.3 Å². The summed E-state index contributed by atoms with van der Waals surface area (Å²) in [7, 11) is 0. The molecule has 2 amide bonds. The number of aromatic nitrogens is 1. The number of nitrogens with zero attached hydrogens (tertiary/aromatic N) is 3. The number of thiazole rings is 1. The van der Waals surface area contributed by atoms with Gasteiger partial charge in [-0.25, -0.2) is 4.98 Å². The first-order chi connectivity index (χ1) is 10.1. The van der Waals surface area contributed by atoms with Crippen LogP contribution in [0.4, 0.5) is 0 Å². The Balaban J connectivity index is 1.55. The molecule has 0 bridgehead atoms. The van der Waals surface area contributed by atoms with Crippen molar-refractivity contribution in [2.75, 3.05) is 32.8 Å². The van der Waals surface area contributed by atoms with Gasteiger partial charge in [0.1, 0.15) is 11.8 Å². The molecule has 114 valence electrons. The summed E-state index contributed by atoms with van der Waals surface area (Å²) >= 11 is 1.48. The molecular weight excluding hydrogens is 290 g/mol. The lowest BCUT2D eigenvalue weighted by Gasteiger charge is -2.35. The zero-order valence-corrected chi connectivity index (χ0v) is 12.9. The second kappa shape index (κ2) is 6.11. The van der Waals surface area contributed by atoms with Crippen molar-refractivity contribution >= 4 is 23.2 Å². The van der Waals surface area contributed by atoms with Crippen molar-refractivity contribution in [3.63, 3.8) is 0 Å². The van der Waals surface area contributed by atoms with Crippen molar-refractivity contribution in [1.29, 1.82) is 0 Å². The number of carbonyl (C=O) groups excluding carboxylic acids is 2. The van der Waals surface area contributed by atoms with E-state index in [2.05, 4.69) is 4.98 Å². The molecule has 0 N–H and O–H groups in total. The van der Waals surface area contributed by atoms with E-state index in [1.165, 1.54) is 11.3 Å². The van der Waals surface area contributed by atoms with Gasteiger partial charge >= 0.3 is 0 Å². The van der Waals surface area contributed by atoms with Gasteiger partial charge in [0.25, 0.3) is 11.8 Å². The Kier molecular flexibility index (Phi) is 4.21. The molecule has 1 atom stereocenters. The fourth-order valence-corrected chi connectivity index (χ4v) is 3.32. The molecule has 2 saturated heterocycles. The Bertz CT molecular complexity index is 531. The highest BCUT2D eigenvalue weighted by Crippen LogP contribution is 2.17. The summed E-state index contributed by atoms with van der Waals surface area (Å²) in [5.41, 5.74) is 0.511. The number of rotatable bonds is 2. The highest BCUT2D eigenvalue weighted by molar-refractivity contribution is 7.09. The maximum Gasteiger partial charge on any atom is 0.273 e. The Labute approximate surface area is 127 Å². The molecule has 0 radical (unpaired) electrons. The fourth-order valence-electron chi connectivity index (χ4n) is 2.73. The molecule has 7 heteroatoms. The smallest absolute Gasteiger partial charge is 0.273 e. The maximum atomic E-state index is 12.3. The van der Waals surface area contributed by atoms with E-state index in [1.807, 2.05) is 11.8 Å². The second-order valence-corrected chi connectivity index (χ2v) is 6.43. The Morgan fingerprint density at radius 3 is 2.57 bits per heavy atom. The third kappa shape index (κ3) is 3.08. The third-order valence-electron chi connectivity index (χ3n) is 3.92. The number of amides is 2. The number of piperazine rings is 1. The van der Waals surface area contributed by atoms with Crippen molar-refractivity contribution in [2.24, 2.45) is 0 Å². The average Bonchev–Trinajstić information content (AvgIpc) is 3.17. The minimum atomic E-state index is -0.270. The molecule has 1 unspecified atom stereocenters. The fraction of sp³-hybridized carbons (Fsp3) is 0.643. The van der Waals surface area contributed by atoms with Crippen LogP contribution in [0.2, 0.25) is 0 Å². The van der Waals surface area contributed by atoms with Crippen molar-refractivity contribution in [1.82, 2.24) is 14.8 Å². The molecule has 0 spiro atoms. The number of carbonyl (C=O) groups is 2. The van der Waals surface area contributed by atoms with Crippen LogP contribution in [0, 0.1) is 6.92 Å². The van der Waals surface area contributed by atoms with E-state index in [0.29, 0.717) is 38.5 Å². The van der Waals surface area contributed by atoms with Gasteiger partial charge < -0.3 is 14.5 Å². The summed E-state index contributed by atoms with van der Waals surface area (Å²) < 4.78 is 5.43. The minimum Gasteiger partial charge on any atom is -0.368 e. The second-order valence-electron chi connectivity index (χ2n) is 5.37. The van der Waals surface area contributed by atoms with Crippen molar-refractivity contribution in [2.45, 2.75) is 25.9 Å². The molecular formula is C14H19N3O3S. The lowest BCUT2D eigenvalue weighted by atomic mass is 10.2. The predicted octanol–water partition coefficient (Wildman–Crippen LogP) is 0.915. The van der Waals surface area contributed by atoms with Crippen LogP contribution in [0.3, 0.4) is 0 Å². The van der Waals surface area contributed by atoms with Crippen molar-refractivity contribution in [3.05, 3.63) is 16.1 Å². The molecule has 0 saturated carbocycles. The maximum absolute atomic E-state index is 12.3. The van der Waals surface area contributed by atoms with Gasteiger partial charge in [0, 0.05) is 38.2 Å². The first-order valence-corrected chi connectivity index (χ1v) is 8.15. The van der Waals surface area contributed by atoms with Gasteiger partial charge in [0.2, 0.25) is 0 Å². The van der Waals surface area contributed by atoms with E-state index in [-0.39, 0.29) is 17.9 Å². The van der Waals surface area contributed by atoms with Gasteiger partial charge in [-0.3, -0.25) is 9.59 Å². The lowest BCUT2D eigenvalue weighted by molar-refractivity contribution is -0.142. The normalized spacial score (nSPS) is 22.6. The zero-order chi connectivity index (χ0) is 14.8. The Morgan fingerprint density at radius 1 is 1.29 bits per heavy atom. The van der Waals surface area contributed by atoms with Gasteiger partial charge in [-0.1, -0.05) is 0 Å². The quantitative estimate of drug-likeness (QED) is 0.815. The molecule has 1 aromatic heterocycles. The molecule has 0 aromatic carbocycles. The van der Waals surface area contributed by atoms with Crippen molar-refractivity contribution in [3.8, 4) is 0 Å². The largest absolute Gasteiger partial charge is 0.368 e. The molecule has 2 aliphatic rings. The van der Waals surface area contributed by atoms with Gasteiger partial charge in [0.15, 0.2) is 0 Å².